The van der Waals surface area contributed by atoms with Crippen molar-refractivity contribution in [2.24, 2.45) is 0 Å². The second-order valence-corrected chi connectivity index (χ2v) is 6.10. The molecule has 29 heavy (non-hydrogen) atoms. The summed E-state index contributed by atoms with van der Waals surface area (Å²) in [4.78, 5) is 13.0. The molecule has 8 nitrogen and oxygen atoms in total. The number of aromatic nitrogens is 6. The normalized spacial score (nSPS) is 10.8. The van der Waals surface area contributed by atoms with Gasteiger partial charge in [0, 0.05) is 11.6 Å². The highest BCUT2D eigenvalue weighted by atomic mass is 19.1. The van der Waals surface area contributed by atoms with E-state index in [1.807, 2.05) is 17.6 Å². The predicted octanol–water partition coefficient (Wildman–Crippen LogP) is 3.25. The van der Waals surface area contributed by atoms with E-state index in [1.165, 1.54) is 25.6 Å². The first-order valence-electron chi connectivity index (χ1n) is 8.69. The van der Waals surface area contributed by atoms with Crippen molar-refractivity contribution in [2.45, 2.75) is 6.92 Å². The number of rotatable bonds is 5. The van der Waals surface area contributed by atoms with Crippen molar-refractivity contribution in [3.8, 4) is 40.1 Å². The molecule has 0 bridgehead atoms. The van der Waals surface area contributed by atoms with Crippen molar-refractivity contribution in [3.05, 3.63) is 60.6 Å². The van der Waals surface area contributed by atoms with E-state index < -0.39 is 5.82 Å². The molecule has 0 aliphatic rings. The fourth-order valence-corrected chi connectivity index (χ4v) is 2.87. The number of halogens is 1. The van der Waals surface area contributed by atoms with E-state index in [0.717, 1.165) is 5.69 Å². The van der Waals surface area contributed by atoms with Crippen LogP contribution >= 0.6 is 0 Å². The Morgan fingerprint density at radius 2 is 1.66 bits per heavy atom. The van der Waals surface area contributed by atoms with E-state index in [2.05, 4.69) is 25.1 Å². The van der Waals surface area contributed by atoms with Gasteiger partial charge in [0.1, 0.15) is 23.1 Å². The van der Waals surface area contributed by atoms with Crippen LogP contribution in [0.2, 0.25) is 0 Å². The summed E-state index contributed by atoms with van der Waals surface area (Å²) >= 11 is 0. The number of pyridine rings is 1. The molecule has 0 saturated heterocycles. The van der Waals surface area contributed by atoms with Crippen LogP contribution in [0.15, 0.2) is 48.9 Å². The average molecular weight is 392 g/mol. The monoisotopic (exact) mass is 392 g/mol. The molecule has 0 aliphatic carbocycles. The first-order valence-corrected chi connectivity index (χ1v) is 8.69. The van der Waals surface area contributed by atoms with Crippen LogP contribution in [-0.2, 0) is 0 Å². The second-order valence-electron chi connectivity index (χ2n) is 6.10. The summed E-state index contributed by atoms with van der Waals surface area (Å²) < 4.78 is 26.3. The van der Waals surface area contributed by atoms with Crippen LogP contribution in [0.3, 0.4) is 0 Å². The Bertz CT molecular complexity index is 1140. The molecule has 0 amide bonds. The molecule has 4 rings (SSSR count). The molecule has 0 atom stereocenters. The molecule has 0 spiro atoms. The van der Waals surface area contributed by atoms with Crippen LogP contribution in [0.1, 0.15) is 5.82 Å². The van der Waals surface area contributed by atoms with Crippen molar-refractivity contribution < 1.29 is 13.9 Å². The summed E-state index contributed by atoms with van der Waals surface area (Å²) in [6.45, 7) is 1.83. The zero-order valence-corrected chi connectivity index (χ0v) is 16.0. The Labute approximate surface area is 166 Å². The third-order valence-electron chi connectivity index (χ3n) is 4.34. The molecule has 0 radical (unpaired) electrons. The SMILES string of the molecule is COc1ccc(F)c(-c2cnc(-c3nnc(C)n3-c3ccc(OC)nc3)cn2)c1. The van der Waals surface area contributed by atoms with Gasteiger partial charge in [-0.2, -0.15) is 0 Å². The van der Waals surface area contributed by atoms with Gasteiger partial charge in [-0.25, -0.2) is 14.4 Å². The third kappa shape index (κ3) is 3.49. The van der Waals surface area contributed by atoms with E-state index in [9.17, 15) is 4.39 Å². The maximum Gasteiger partial charge on any atom is 0.213 e. The summed E-state index contributed by atoms with van der Waals surface area (Å²) in [5, 5.41) is 8.35. The Morgan fingerprint density at radius 3 is 2.31 bits per heavy atom. The number of hydrogen-bond donors (Lipinski definition) is 0. The maximum absolute atomic E-state index is 14.2. The second kappa shape index (κ2) is 7.63. The first-order chi connectivity index (χ1) is 14.1. The zero-order valence-electron chi connectivity index (χ0n) is 16.0. The minimum Gasteiger partial charge on any atom is -0.497 e. The van der Waals surface area contributed by atoms with Crippen molar-refractivity contribution in [1.29, 1.82) is 0 Å². The topological polar surface area (TPSA) is 87.8 Å². The lowest BCUT2D eigenvalue weighted by atomic mass is 10.1. The van der Waals surface area contributed by atoms with Crippen molar-refractivity contribution in [3.63, 3.8) is 0 Å². The molecule has 0 saturated carbocycles. The van der Waals surface area contributed by atoms with Gasteiger partial charge in [0.2, 0.25) is 5.88 Å². The van der Waals surface area contributed by atoms with Crippen LogP contribution < -0.4 is 9.47 Å². The average Bonchev–Trinajstić information content (AvgIpc) is 3.15. The molecule has 0 N–H and O–H groups in total. The van der Waals surface area contributed by atoms with Gasteiger partial charge in [0.25, 0.3) is 0 Å². The van der Waals surface area contributed by atoms with E-state index in [1.54, 1.807) is 31.5 Å². The molecule has 3 aromatic heterocycles. The molecule has 9 heteroatoms. The van der Waals surface area contributed by atoms with Crippen LogP contribution in [-0.4, -0.2) is 43.9 Å². The molecule has 0 fully saturated rings. The number of nitrogens with zero attached hydrogens (tertiary/aromatic N) is 6. The van der Waals surface area contributed by atoms with Crippen LogP contribution in [0.4, 0.5) is 4.39 Å². The molecule has 4 aromatic rings. The quantitative estimate of drug-likeness (QED) is 0.515. The zero-order chi connectivity index (χ0) is 20.4. The van der Waals surface area contributed by atoms with Crippen LogP contribution in [0.25, 0.3) is 28.5 Å². The van der Waals surface area contributed by atoms with E-state index >= 15 is 0 Å². The maximum atomic E-state index is 14.2. The van der Waals surface area contributed by atoms with Gasteiger partial charge >= 0.3 is 0 Å². The van der Waals surface area contributed by atoms with Crippen molar-refractivity contribution in [2.75, 3.05) is 14.2 Å². The third-order valence-corrected chi connectivity index (χ3v) is 4.34. The Kier molecular flexibility index (Phi) is 4.86. The molecule has 146 valence electrons. The summed E-state index contributed by atoms with van der Waals surface area (Å²) in [6.07, 6.45) is 4.69. The highest BCUT2D eigenvalue weighted by molar-refractivity contribution is 5.63. The highest BCUT2D eigenvalue weighted by Gasteiger charge is 2.16. The van der Waals surface area contributed by atoms with Gasteiger partial charge in [-0.3, -0.25) is 9.55 Å². The van der Waals surface area contributed by atoms with Gasteiger partial charge in [-0.05, 0) is 31.2 Å². The van der Waals surface area contributed by atoms with E-state index in [0.29, 0.717) is 40.2 Å². The lowest BCUT2D eigenvalue weighted by Crippen LogP contribution is -2.02. The number of aryl methyl sites for hydroxylation is 1. The summed E-state index contributed by atoms with van der Waals surface area (Å²) in [7, 11) is 3.08. The lowest BCUT2D eigenvalue weighted by Gasteiger charge is -2.09. The summed E-state index contributed by atoms with van der Waals surface area (Å²) in [5.41, 5.74) is 1.95. The molecular weight excluding hydrogens is 375 g/mol. The largest absolute Gasteiger partial charge is 0.497 e. The summed E-state index contributed by atoms with van der Waals surface area (Å²) in [6, 6.07) is 8.06. The highest BCUT2D eigenvalue weighted by Crippen LogP contribution is 2.27. The van der Waals surface area contributed by atoms with Gasteiger partial charge in [0.15, 0.2) is 5.82 Å². The fourth-order valence-electron chi connectivity index (χ4n) is 2.87. The molecule has 1 aromatic carbocycles. The van der Waals surface area contributed by atoms with Gasteiger partial charge < -0.3 is 9.47 Å². The molecular formula is C20H17FN6O2. The van der Waals surface area contributed by atoms with Crippen LogP contribution in [0, 0.1) is 12.7 Å². The van der Waals surface area contributed by atoms with Crippen molar-refractivity contribution >= 4 is 0 Å². The Morgan fingerprint density at radius 1 is 0.862 bits per heavy atom. The number of methoxy groups -OCH3 is 2. The van der Waals surface area contributed by atoms with Crippen molar-refractivity contribution in [1.82, 2.24) is 29.7 Å². The van der Waals surface area contributed by atoms with Crippen LogP contribution in [0.5, 0.6) is 11.6 Å². The van der Waals surface area contributed by atoms with Gasteiger partial charge in [0.05, 0.1) is 44.2 Å². The predicted molar refractivity (Wildman–Crippen MR) is 103 cm³/mol. The summed E-state index contributed by atoms with van der Waals surface area (Å²) in [5.74, 6) is 1.80. The minimum atomic E-state index is -0.406. The van der Waals surface area contributed by atoms with E-state index in [4.69, 9.17) is 9.47 Å². The number of hydrogen-bond acceptors (Lipinski definition) is 7. The molecule has 3 heterocycles. The molecule has 0 unspecified atom stereocenters. The fraction of sp³-hybridized carbons (Fsp3) is 0.150. The van der Waals surface area contributed by atoms with Gasteiger partial charge in [-0.1, -0.05) is 0 Å². The Balaban J connectivity index is 1.72. The minimum absolute atomic E-state index is 0.306. The lowest BCUT2D eigenvalue weighted by molar-refractivity contribution is 0.398. The van der Waals surface area contributed by atoms with Gasteiger partial charge in [-0.15, -0.1) is 10.2 Å². The molecule has 0 aliphatic heterocycles. The number of ether oxygens (including phenoxy) is 2. The van der Waals surface area contributed by atoms with E-state index in [-0.39, 0.29) is 0 Å². The number of benzene rings is 1. The Hall–Kier alpha value is -3.88. The smallest absolute Gasteiger partial charge is 0.213 e. The standard InChI is InChI=1S/C20H17FN6O2/c1-12-25-26-20(27(12)13-4-7-19(29-3)24-9-13)18-11-22-17(10-23-18)15-8-14(28-2)5-6-16(15)21/h4-11H,1-3H3. The first kappa shape index (κ1) is 18.5.